The quantitative estimate of drug-likeness (QED) is 0.569. The van der Waals surface area contributed by atoms with Crippen LogP contribution in [0.1, 0.15) is 46.0 Å². The van der Waals surface area contributed by atoms with E-state index in [4.69, 9.17) is 0 Å². The molecule has 0 aromatic carbocycles. The molecule has 0 spiro atoms. The molecule has 0 aromatic heterocycles. The molecule has 1 fully saturated rings. The maximum atomic E-state index is 9.19. The molecule has 0 aliphatic heterocycles. The second-order valence-electron chi connectivity index (χ2n) is 6.81. The van der Waals surface area contributed by atoms with E-state index in [1.165, 1.54) is 32.1 Å². The Bertz CT molecular complexity index is 235. The average molecular weight is 286 g/mol. The van der Waals surface area contributed by atoms with Crippen molar-refractivity contribution in [3.05, 3.63) is 0 Å². The fraction of sp³-hybridized carbons (Fsp3) is 1.00. The molecule has 0 heterocycles. The maximum absolute atomic E-state index is 9.19. The van der Waals surface area contributed by atoms with Gasteiger partial charge in [0.05, 0.1) is 13.2 Å². The maximum Gasteiger partial charge on any atom is 0.0558 e. The minimum absolute atomic E-state index is 0.176. The predicted octanol–water partition coefficient (Wildman–Crippen LogP) is 1.47. The van der Waals surface area contributed by atoms with Crippen LogP contribution in [-0.2, 0) is 0 Å². The van der Waals surface area contributed by atoms with Crippen LogP contribution in [0.5, 0.6) is 0 Å². The summed E-state index contributed by atoms with van der Waals surface area (Å²) in [6.07, 6.45) is 6.52. The molecule has 0 saturated heterocycles. The second-order valence-corrected chi connectivity index (χ2v) is 6.81. The Balaban J connectivity index is 2.56. The first-order valence-electron chi connectivity index (χ1n) is 8.27. The van der Waals surface area contributed by atoms with Crippen molar-refractivity contribution in [3.63, 3.8) is 0 Å². The van der Waals surface area contributed by atoms with E-state index < -0.39 is 0 Å². The molecule has 0 unspecified atom stereocenters. The van der Waals surface area contributed by atoms with Gasteiger partial charge in [0.15, 0.2) is 0 Å². The molecule has 4 nitrogen and oxygen atoms in total. The normalized spacial score (nSPS) is 18.9. The van der Waals surface area contributed by atoms with Crippen molar-refractivity contribution in [1.29, 1.82) is 0 Å². The summed E-state index contributed by atoms with van der Waals surface area (Å²) in [4.78, 5) is 2.22. The minimum atomic E-state index is 0.176. The summed E-state index contributed by atoms with van der Waals surface area (Å²) < 4.78 is 0. The highest BCUT2D eigenvalue weighted by Crippen LogP contribution is 2.36. The molecule has 1 aliphatic carbocycles. The van der Waals surface area contributed by atoms with Crippen molar-refractivity contribution in [2.75, 3.05) is 45.9 Å². The van der Waals surface area contributed by atoms with Crippen LogP contribution in [0.15, 0.2) is 0 Å². The van der Waals surface area contributed by atoms with Crippen molar-refractivity contribution in [2.45, 2.75) is 46.0 Å². The third-order valence-corrected chi connectivity index (χ3v) is 4.36. The SMILES string of the molecule is CC(C)CNCC1(CN(CCO)CCO)CCCCC1. The monoisotopic (exact) mass is 286 g/mol. The van der Waals surface area contributed by atoms with Crippen LogP contribution in [0.3, 0.4) is 0 Å². The Morgan fingerprint density at radius 3 is 2.15 bits per heavy atom. The Morgan fingerprint density at radius 2 is 1.65 bits per heavy atom. The molecule has 0 bridgehead atoms. The summed E-state index contributed by atoms with van der Waals surface area (Å²) in [7, 11) is 0. The van der Waals surface area contributed by atoms with E-state index in [1.807, 2.05) is 0 Å². The molecule has 3 N–H and O–H groups in total. The topological polar surface area (TPSA) is 55.7 Å². The molecule has 1 rings (SSSR count). The smallest absolute Gasteiger partial charge is 0.0558 e. The van der Waals surface area contributed by atoms with Crippen LogP contribution < -0.4 is 5.32 Å². The first-order valence-corrected chi connectivity index (χ1v) is 8.27. The number of hydrogen-bond acceptors (Lipinski definition) is 4. The molecule has 0 amide bonds. The Kier molecular flexibility index (Phi) is 8.69. The fourth-order valence-corrected chi connectivity index (χ4v) is 3.35. The number of nitrogens with one attached hydrogen (secondary N) is 1. The summed E-state index contributed by atoms with van der Waals surface area (Å²) >= 11 is 0. The van der Waals surface area contributed by atoms with Crippen LogP contribution in [0, 0.1) is 11.3 Å². The molecule has 1 aliphatic rings. The van der Waals surface area contributed by atoms with E-state index in [9.17, 15) is 10.2 Å². The van der Waals surface area contributed by atoms with Crippen LogP contribution in [0.4, 0.5) is 0 Å². The highest BCUT2D eigenvalue weighted by Gasteiger charge is 2.33. The third-order valence-electron chi connectivity index (χ3n) is 4.36. The van der Waals surface area contributed by atoms with Gasteiger partial charge in [-0.2, -0.15) is 0 Å². The van der Waals surface area contributed by atoms with Crippen LogP contribution in [0.25, 0.3) is 0 Å². The summed E-state index contributed by atoms with van der Waals surface area (Å²) in [5.41, 5.74) is 0.331. The number of nitrogens with zero attached hydrogens (tertiary/aromatic N) is 1. The Morgan fingerprint density at radius 1 is 1.05 bits per heavy atom. The molecule has 120 valence electrons. The van der Waals surface area contributed by atoms with Gasteiger partial charge in [-0.25, -0.2) is 0 Å². The zero-order chi connectivity index (χ0) is 14.8. The highest BCUT2D eigenvalue weighted by atomic mass is 16.3. The standard InChI is InChI=1S/C16H34N2O2/c1-15(2)12-17-13-16(6-4-3-5-7-16)14-18(8-10-19)9-11-20/h15,17,19-20H,3-14H2,1-2H3. The minimum Gasteiger partial charge on any atom is -0.395 e. The van der Waals surface area contributed by atoms with Crippen LogP contribution in [0.2, 0.25) is 0 Å². The van der Waals surface area contributed by atoms with E-state index in [2.05, 4.69) is 24.1 Å². The molecule has 0 aromatic rings. The number of aliphatic hydroxyl groups is 2. The van der Waals surface area contributed by atoms with Gasteiger partial charge < -0.3 is 15.5 Å². The fourth-order valence-electron chi connectivity index (χ4n) is 3.35. The van der Waals surface area contributed by atoms with Gasteiger partial charge in [0.2, 0.25) is 0 Å². The van der Waals surface area contributed by atoms with E-state index in [-0.39, 0.29) is 13.2 Å². The summed E-state index contributed by atoms with van der Waals surface area (Å²) in [5, 5.41) is 22.0. The number of hydrogen-bond donors (Lipinski definition) is 3. The van der Waals surface area contributed by atoms with E-state index in [0.717, 1.165) is 19.6 Å². The van der Waals surface area contributed by atoms with E-state index >= 15 is 0 Å². The van der Waals surface area contributed by atoms with Gasteiger partial charge in [-0.05, 0) is 30.7 Å². The lowest BCUT2D eigenvalue weighted by Gasteiger charge is -2.41. The summed E-state index contributed by atoms with van der Waals surface area (Å²) in [6.45, 7) is 9.32. The van der Waals surface area contributed by atoms with Crippen LogP contribution >= 0.6 is 0 Å². The Labute approximate surface area is 124 Å². The zero-order valence-electron chi connectivity index (χ0n) is 13.4. The van der Waals surface area contributed by atoms with Gasteiger partial charge >= 0.3 is 0 Å². The molecule has 0 radical (unpaired) electrons. The predicted molar refractivity (Wildman–Crippen MR) is 83.8 cm³/mol. The molecular formula is C16H34N2O2. The second kappa shape index (κ2) is 9.72. The molecular weight excluding hydrogens is 252 g/mol. The van der Waals surface area contributed by atoms with Gasteiger partial charge in [-0.15, -0.1) is 0 Å². The van der Waals surface area contributed by atoms with Gasteiger partial charge in [0.1, 0.15) is 0 Å². The molecule has 0 atom stereocenters. The highest BCUT2D eigenvalue weighted by molar-refractivity contribution is 4.88. The number of rotatable bonds is 10. The Hall–Kier alpha value is -0.160. The van der Waals surface area contributed by atoms with Gasteiger partial charge in [0, 0.05) is 26.2 Å². The summed E-state index contributed by atoms with van der Waals surface area (Å²) in [5.74, 6) is 0.682. The lowest BCUT2D eigenvalue weighted by Crippen LogP contribution is -2.47. The van der Waals surface area contributed by atoms with Crippen molar-refractivity contribution >= 4 is 0 Å². The first kappa shape index (κ1) is 17.9. The third kappa shape index (κ3) is 6.53. The van der Waals surface area contributed by atoms with Crippen molar-refractivity contribution in [2.24, 2.45) is 11.3 Å². The van der Waals surface area contributed by atoms with Gasteiger partial charge in [-0.3, -0.25) is 4.90 Å². The van der Waals surface area contributed by atoms with Crippen molar-refractivity contribution < 1.29 is 10.2 Å². The van der Waals surface area contributed by atoms with Crippen LogP contribution in [-0.4, -0.2) is 61.1 Å². The zero-order valence-corrected chi connectivity index (χ0v) is 13.4. The molecule has 4 heteroatoms. The lowest BCUT2D eigenvalue weighted by molar-refractivity contribution is 0.0760. The average Bonchev–Trinajstić information content (AvgIpc) is 2.40. The number of aliphatic hydroxyl groups excluding tert-OH is 2. The van der Waals surface area contributed by atoms with Crippen molar-refractivity contribution in [1.82, 2.24) is 10.2 Å². The lowest BCUT2D eigenvalue weighted by atomic mass is 9.73. The largest absolute Gasteiger partial charge is 0.395 e. The van der Waals surface area contributed by atoms with Crippen molar-refractivity contribution in [3.8, 4) is 0 Å². The van der Waals surface area contributed by atoms with Gasteiger partial charge in [0.25, 0.3) is 0 Å². The molecule has 20 heavy (non-hydrogen) atoms. The van der Waals surface area contributed by atoms with Gasteiger partial charge in [-0.1, -0.05) is 33.1 Å². The first-order chi connectivity index (χ1) is 9.62. The van der Waals surface area contributed by atoms with E-state index in [1.54, 1.807) is 0 Å². The summed E-state index contributed by atoms with van der Waals surface area (Å²) in [6, 6.07) is 0. The molecule has 1 saturated carbocycles. The van der Waals surface area contributed by atoms with E-state index in [0.29, 0.717) is 24.4 Å².